The van der Waals surface area contributed by atoms with Crippen molar-refractivity contribution in [2.75, 3.05) is 10.6 Å². The molecule has 0 saturated heterocycles. The number of hydrogen-bond donors (Lipinski definition) is 2. The number of benzene rings is 2. The van der Waals surface area contributed by atoms with Crippen molar-refractivity contribution in [3.8, 4) is 0 Å². The highest BCUT2D eigenvalue weighted by Crippen LogP contribution is 2.26. The van der Waals surface area contributed by atoms with Crippen LogP contribution in [-0.2, 0) is 4.74 Å². The summed E-state index contributed by atoms with van der Waals surface area (Å²) in [6, 6.07) is 6.99. The van der Waals surface area contributed by atoms with Crippen molar-refractivity contribution in [2.45, 2.75) is 26.4 Å². The van der Waals surface area contributed by atoms with Crippen molar-refractivity contribution < 1.29 is 23.6 Å². The number of nitro groups is 1. The summed E-state index contributed by atoms with van der Waals surface area (Å²) < 4.78 is 19.1. The fraction of sp³-hybridized carbons (Fsp3) is 0.222. The summed E-state index contributed by atoms with van der Waals surface area (Å²) in [5.74, 6) is -1.54. The zero-order valence-electron chi connectivity index (χ0n) is 15.2. The number of carbonyl (C=O) groups excluding carboxylic acids is 2. The van der Waals surface area contributed by atoms with Crippen LogP contribution in [0.1, 0.15) is 31.1 Å². The number of ether oxygens (including phenoxy) is 1. The van der Waals surface area contributed by atoms with Crippen LogP contribution in [0.5, 0.6) is 0 Å². The minimum Gasteiger partial charge on any atom is -0.444 e. The predicted molar refractivity (Wildman–Crippen MR) is 102 cm³/mol. The van der Waals surface area contributed by atoms with Crippen LogP contribution in [0.3, 0.4) is 0 Å². The van der Waals surface area contributed by atoms with Gasteiger partial charge in [0.1, 0.15) is 16.4 Å². The maximum Gasteiger partial charge on any atom is 0.412 e. The fourth-order valence-electron chi connectivity index (χ4n) is 2.11. The molecule has 2 aromatic carbocycles. The van der Waals surface area contributed by atoms with E-state index in [1.165, 1.54) is 24.3 Å². The van der Waals surface area contributed by atoms with E-state index in [1.807, 2.05) is 0 Å². The molecule has 2 aromatic rings. The molecule has 0 atom stereocenters. The summed E-state index contributed by atoms with van der Waals surface area (Å²) >= 11 is 5.71. The molecule has 2 N–H and O–H groups in total. The average molecular weight is 410 g/mol. The highest BCUT2D eigenvalue weighted by molar-refractivity contribution is 6.32. The quantitative estimate of drug-likeness (QED) is 0.546. The number of rotatable bonds is 4. The summed E-state index contributed by atoms with van der Waals surface area (Å²) in [6.07, 6.45) is -0.746. The third-order valence-electron chi connectivity index (χ3n) is 3.26. The molecule has 2 amide bonds. The first-order chi connectivity index (χ1) is 13.0. The largest absolute Gasteiger partial charge is 0.444 e. The normalized spacial score (nSPS) is 10.9. The molecule has 0 aromatic heterocycles. The summed E-state index contributed by atoms with van der Waals surface area (Å²) in [7, 11) is 0. The van der Waals surface area contributed by atoms with Crippen LogP contribution in [0.25, 0.3) is 0 Å². The van der Waals surface area contributed by atoms with E-state index in [2.05, 4.69) is 10.6 Å². The molecule has 0 radical (unpaired) electrons. The molecule has 0 fully saturated rings. The van der Waals surface area contributed by atoms with Gasteiger partial charge in [-0.05, 0) is 51.1 Å². The van der Waals surface area contributed by atoms with Crippen molar-refractivity contribution in [1.29, 1.82) is 0 Å². The Labute approximate surface area is 164 Å². The molecular weight excluding hydrogens is 393 g/mol. The van der Waals surface area contributed by atoms with E-state index >= 15 is 0 Å². The van der Waals surface area contributed by atoms with Crippen LogP contribution >= 0.6 is 11.6 Å². The summed E-state index contributed by atoms with van der Waals surface area (Å²) in [4.78, 5) is 34.3. The Morgan fingerprint density at radius 2 is 1.82 bits per heavy atom. The number of anilines is 2. The van der Waals surface area contributed by atoms with Crippen LogP contribution in [0.4, 0.5) is 26.2 Å². The van der Waals surface area contributed by atoms with Gasteiger partial charge in [0.25, 0.3) is 11.6 Å². The molecule has 0 aliphatic rings. The smallest absolute Gasteiger partial charge is 0.412 e. The molecule has 8 nitrogen and oxygen atoms in total. The number of amides is 2. The lowest BCUT2D eigenvalue weighted by Crippen LogP contribution is -2.27. The molecule has 10 heteroatoms. The molecule has 0 aliphatic heterocycles. The number of nitrogens with one attached hydrogen (secondary N) is 2. The van der Waals surface area contributed by atoms with Gasteiger partial charge in [-0.2, -0.15) is 0 Å². The van der Waals surface area contributed by atoms with Crippen molar-refractivity contribution in [3.63, 3.8) is 0 Å². The maximum absolute atomic E-state index is 14.0. The van der Waals surface area contributed by atoms with Crippen LogP contribution in [-0.4, -0.2) is 22.5 Å². The molecule has 148 valence electrons. The van der Waals surface area contributed by atoms with Gasteiger partial charge in [-0.1, -0.05) is 11.6 Å². The zero-order valence-corrected chi connectivity index (χ0v) is 16.0. The molecule has 0 unspecified atom stereocenters. The lowest BCUT2D eigenvalue weighted by molar-refractivity contribution is -0.384. The Kier molecular flexibility index (Phi) is 6.19. The number of carbonyl (C=O) groups is 2. The zero-order chi connectivity index (χ0) is 21.1. The second kappa shape index (κ2) is 8.22. The molecule has 0 heterocycles. The Morgan fingerprint density at radius 3 is 2.43 bits per heavy atom. The Bertz CT molecular complexity index is 943. The first-order valence-electron chi connectivity index (χ1n) is 8.01. The van der Waals surface area contributed by atoms with Gasteiger partial charge in [0.15, 0.2) is 0 Å². The minimum absolute atomic E-state index is 0.0824. The first-order valence-corrected chi connectivity index (χ1v) is 8.39. The van der Waals surface area contributed by atoms with Gasteiger partial charge < -0.3 is 10.1 Å². The van der Waals surface area contributed by atoms with E-state index in [-0.39, 0.29) is 22.0 Å². The summed E-state index contributed by atoms with van der Waals surface area (Å²) in [5, 5.41) is 15.5. The van der Waals surface area contributed by atoms with Gasteiger partial charge in [-0.3, -0.25) is 20.2 Å². The Morgan fingerprint density at radius 1 is 1.14 bits per heavy atom. The monoisotopic (exact) mass is 409 g/mol. The van der Waals surface area contributed by atoms with Crippen molar-refractivity contribution in [1.82, 2.24) is 0 Å². The lowest BCUT2D eigenvalue weighted by atomic mass is 10.1. The summed E-state index contributed by atoms with van der Waals surface area (Å²) in [6.45, 7) is 5.07. The summed E-state index contributed by atoms with van der Waals surface area (Å²) in [5.41, 5.74) is -1.29. The van der Waals surface area contributed by atoms with Crippen molar-refractivity contribution in [2.24, 2.45) is 0 Å². The third kappa shape index (κ3) is 5.65. The number of nitro benzene ring substituents is 1. The van der Waals surface area contributed by atoms with Gasteiger partial charge >= 0.3 is 6.09 Å². The maximum atomic E-state index is 14.0. The topological polar surface area (TPSA) is 111 Å². The lowest BCUT2D eigenvalue weighted by Gasteiger charge is -2.19. The SMILES string of the molecule is CC(C)(C)OC(=O)Nc1ccc(F)c(NC(=O)c2ccc(Cl)c([N+](=O)[O-])c2)c1. The van der Waals surface area contributed by atoms with E-state index in [4.69, 9.17) is 16.3 Å². The second-order valence-electron chi connectivity index (χ2n) is 6.70. The standard InChI is InChI=1S/C18H17ClFN3O5/c1-18(2,3)28-17(25)21-11-5-7-13(20)14(9-11)22-16(24)10-4-6-12(19)15(8-10)23(26)27/h4-9H,1-3H3,(H,21,25)(H,22,24). The van der Waals surface area contributed by atoms with E-state index < -0.39 is 34.0 Å². The van der Waals surface area contributed by atoms with Gasteiger partial charge in [-0.25, -0.2) is 9.18 Å². The van der Waals surface area contributed by atoms with Gasteiger partial charge in [0.05, 0.1) is 10.6 Å². The van der Waals surface area contributed by atoms with E-state index in [1.54, 1.807) is 20.8 Å². The van der Waals surface area contributed by atoms with Crippen LogP contribution in [0.15, 0.2) is 36.4 Å². The van der Waals surface area contributed by atoms with Gasteiger partial charge in [0.2, 0.25) is 0 Å². The van der Waals surface area contributed by atoms with Gasteiger partial charge in [-0.15, -0.1) is 0 Å². The minimum atomic E-state index is -0.784. The molecule has 0 aliphatic carbocycles. The molecule has 0 saturated carbocycles. The van der Waals surface area contributed by atoms with Crippen LogP contribution in [0, 0.1) is 15.9 Å². The average Bonchev–Trinajstić information content (AvgIpc) is 2.56. The third-order valence-corrected chi connectivity index (χ3v) is 3.58. The molecule has 28 heavy (non-hydrogen) atoms. The highest BCUT2D eigenvalue weighted by atomic mass is 35.5. The Hall–Kier alpha value is -3.20. The predicted octanol–water partition coefficient (Wildman–Crippen LogP) is 4.99. The second-order valence-corrected chi connectivity index (χ2v) is 7.11. The van der Waals surface area contributed by atoms with E-state index in [9.17, 15) is 24.1 Å². The fourth-order valence-corrected chi connectivity index (χ4v) is 2.30. The Balaban J connectivity index is 2.20. The molecule has 0 bridgehead atoms. The van der Waals surface area contributed by atoms with Crippen LogP contribution < -0.4 is 10.6 Å². The van der Waals surface area contributed by atoms with Crippen molar-refractivity contribution >= 4 is 40.7 Å². The van der Waals surface area contributed by atoms with Crippen LogP contribution in [0.2, 0.25) is 5.02 Å². The highest BCUT2D eigenvalue weighted by Gasteiger charge is 2.19. The number of nitrogens with zero attached hydrogens (tertiary/aromatic N) is 1. The van der Waals surface area contributed by atoms with Gasteiger partial charge in [0, 0.05) is 17.3 Å². The molecule has 0 spiro atoms. The van der Waals surface area contributed by atoms with E-state index in [0.29, 0.717) is 0 Å². The number of hydrogen-bond acceptors (Lipinski definition) is 5. The van der Waals surface area contributed by atoms with Crippen molar-refractivity contribution in [3.05, 3.63) is 62.9 Å². The first kappa shape index (κ1) is 21.1. The van der Waals surface area contributed by atoms with E-state index in [0.717, 1.165) is 12.1 Å². The molecular formula is C18H17ClFN3O5. The number of halogens is 2. The molecule has 2 rings (SSSR count).